The fourth-order valence-corrected chi connectivity index (χ4v) is 2.06. The second-order valence-corrected chi connectivity index (χ2v) is 4.81. The fraction of sp³-hybridized carbons (Fsp3) is 0. The fourth-order valence-electron chi connectivity index (χ4n) is 1.55. The molecule has 0 aromatic heterocycles. The van der Waals surface area contributed by atoms with Crippen molar-refractivity contribution in [3.8, 4) is 0 Å². The average Bonchev–Trinajstić information content (AvgIpc) is 2.26. The Hall–Kier alpha value is -1.22. The molecule has 0 heterocycles. The van der Waals surface area contributed by atoms with E-state index in [4.69, 9.17) is 4.55 Å². The molecule has 0 bridgehead atoms. The Balaban J connectivity index is 0. The van der Waals surface area contributed by atoms with Crippen LogP contribution in [-0.4, -0.2) is 40.9 Å². The molecule has 0 saturated carbocycles. The molecule has 18 heavy (non-hydrogen) atoms. The molecule has 2 aromatic carbocycles. The first-order chi connectivity index (χ1) is 7.89. The van der Waals surface area contributed by atoms with Crippen LogP contribution in [0.25, 0.3) is 10.8 Å². The Bertz CT molecular complexity index is 723. The molecule has 0 fully saturated rings. The minimum absolute atomic E-state index is 0. The van der Waals surface area contributed by atoms with Gasteiger partial charge in [0.15, 0.2) is 0 Å². The van der Waals surface area contributed by atoms with Crippen molar-refractivity contribution >= 4 is 49.6 Å². The Morgan fingerprint density at radius 3 is 2.44 bits per heavy atom. The van der Waals surface area contributed by atoms with E-state index in [2.05, 4.69) is 0 Å². The van der Waals surface area contributed by atoms with Gasteiger partial charge in [0.2, 0.25) is 0 Å². The minimum Gasteiger partial charge on any atom is -1.00 e. The summed E-state index contributed by atoms with van der Waals surface area (Å²) in [4.78, 5) is 9.81. The van der Waals surface area contributed by atoms with E-state index < -0.39 is 15.0 Å². The summed E-state index contributed by atoms with van der Waals surface area (Å²) in [6.07, 6.45) is 0. The van der Waals surface area contributed by atoms with E-state index in [1.807, 2.05) is 0 Å². The van der Waals surface area contributed by atoms with Crippen molar-refractivity contribution in [2.45, 2.75) is 4.90 Å². The molecule has 0 amide bonds. The van der Waals surface area contributed by atoms with Crippen LogP contribution in [-0.2, 0) is 10.1 Å². The van der Waals surface area contributed by atoms with Crippen molar-refractivity contribution in [2.24, 2.45) is 0 Å². The summed E-state index contributed by atoms with van der Waals surface area (Å²) in [5.41, 5.74) is -0.201. The number of nitro benzene ring substituents is 1. The molecule has 0 unspecified atom stereocenters. The summed E-state index contributed by atoms with van der Waals surface area (Å²) in [6.45, 7) is 0. The van der Waals surface area contributed by atoms with E-state index in [1.165, 1.54) is 24.3 Å². The number of hydrogen-bond donors (Lipinski definition) is 1. The number of nitrogens with zero attached hydrogens (tertiary/aromatic N) is 1. The third-order valence-electron chi connectivity index (χ3n) is 2.33. The van der Waals surface area contributed by atoms with Crippen molar-refractivity contribution in [1.29, 1.82) is 0 Å². The van der Waals surface area contributed by atoms with Gasteiger partial charge >= 0.3 is 23.1 Å². The molecule has 8 heteroatoms. The summed E-state index contributed by atoms with van der Waals surface area (Å²) >= 11 is 0. The Morgan fingerprint density at radius 1 is 1.22 bits per heavy atom. The molecule has 1 N–H and O–H groups in total. The van der Waals surface area contributed by atoms with Crippen molar-refractivity contribution in [3.05, 3.63) is 46.5 Å². The largest absolute Gasteiger partial charge is 2.00 e. The minimum atomic E-state index is -4.36. The Kier molecular flexibility index (Phi) is 4.27. The van der Waals surface area contributed by atoms with Gasteiger partial charge in [-0.15, -0.1) is 0 Å². The van der Waals surface area contributed by atoms with Crippen LogP contribution in [0.15, 0.2) is 41.3 Å². The van der Waals surface area contributed by atoms with Gasteiger partial charge in [-0.1, -0.05) is 18.2 Å². The van der Waals surface area contributed by atoms with Gasteiger partial charge in [0.25, 0.3) is 15.8 Å². The molecule has 0 atom stereocenters. The van der Waals surface area contributed by atoms with Gasteiger partial charge in [-0.05, 0) is 17.5 Å². The van der Waals surface area contributed by atoms with E-state index >= 15 is 0 Å². The van der Waals surface area contributed by atoms with Gasteiger partial charge in [0.05, 0.1) is 15.2 Å². The topological polar surface area (TPSA) is 97.5 Å². The van der Waals surface area contributed by atoms with E-state index in [1.54, 1.807) is 6.07 Å². The van der Waals surface area contributed by atoms with Gasteiger partial charge in [-0.25, -0.2) is 0 Å². The van der Waals surface area contributed by atoms with Crippen LogP contribution in [0.4, 0.5) is 5.69 Å². The van der Waals surface area contributed by atoms with Crippen LogP contribution >= 0.6 is 0 Å². The van der Waals surface area contributed by atoms with Crippen molar-refractivity contribution in [1.82, 2.24) is 0 Å². The number of non-ortho nitro benzene ring substituents is 1. The zero-order chi connectivity index (χ0) is 12.6. The molecule has 0 saturated heterocycles. The van der Waals surface area contributed by atoms with Crippen molar-refractivity contribution < 1.29 is 20.7 Å². The molecule has 0 aliphatic rings. The van der Waals surface area contributed by atoms with Gasteiger partial charge in [0.1, 0.15) is 0 Å². The third-order valence-corrected chi connectivity index (χ3v) is 3.17. The van der Waals surface area contributed by atoms with Crippen LogP contribution in [0.3, 0.4) is 0 Å². The SMILES string of the molecule is O=[N+]([O-])c1cccc2ccc(S(=O)(=O)O)cc12.[H-].[H-].[Mg+2]. The number of fused-ring (bicyclic) bond motifs is 1. The van der Waals surface area contributed by atoms with Crippen LogP contribution < -0.4 is 0 Å². The molecule has 0 aliphatic heterocycles. The Morgan fingerprint density at radius 2 is 1.89 bits per heavy atom. The number of benzene rings is 2. The smallest absolute Gasteiger partial charge is 1.00 e. The molecule has 0 aliphatic carbocycles. The second kappa shape index (κ2) is 5.18. The standard InChI is InChI=1S/C10H7NO5S.Mg.2H/c12-11(13)10-3-1-2-7-4-5-8(6-9(7)10)17(14,15)16;;;/h1-6H,(H,14,15,16);;;/q;+2;2*-1. The van der Waals surface area contributed by atoms with Crippen LogP contribution in [0.1, 0.15) is 2.85 Å². The molecular weight excluding hydrogens is 270 g/mol. The summed E-state index contributed by atoms with van der Waals surface area (Å²) in [6, 6.07) is 8.09. The quantitative estimate of drug-likeness (QED) is 0.391. The predicted octanol–water partition coefficient (Wildman–Crippen LogP) is 1.84. The van der Waals surface area contributed by atoms with Gasteiger partial charge in [0, 0.05) is 6.07 Å². The first-order valence-electron chi connectivity index (χ1n) is 4.54. The monoisotopic (exact) mass is 279 g/mol. The first kappa shape index (κ1) is 14.8. The first-order valence-corrected chi connectivity index (χ1v) is 5.98. The second-order valence-electron chi connectivity index (χ2n) is 3.39. The van der Waals surface area contributed by atoms with Crippen LogP contribution in [0, 0.1) is 10.1 Å². The Labute approximate surface area is 122 Å². The maximum Gasteiger partial charge on any atom is 2.00 e. The van der Waals surface area contributed by atoms with Gasteiger partial charge in [-0.2, -0.15) is 8.42 Å². The van der Waals surface area contributed by atoms with E-state index in [0.717, 1.165) is 6.07 Å². The summed E-state index contributed by atoms with van der Waals surface area (Å²) < 4.78 is 30.8. The van der Waals surface area contributed by atoms with Gasteiger partial charge in [-0.3, -0.25) is 14.7 Å². The zero-order valence-electron chi connectivity index (χ0n) is 11.1. The molecule has 6 nitrogen and oxygen atoms in total. The molecule has 92 valence electrons. The van der Waals surface area contributed by atoms with E-state index in [9.17, 15) is 18.5 Å². The number of nitro groups is 1. The molecule has 2 rings (SSSR count). The zero-order valence-corrected chi connectivity index (χ0v) is 11.3. The van der Waals surface area contributed by atoms with Gasteiger partial charge < -0.3 is 2.85 Å². The summed E-state index contributed by atoms with van der Waals surface area (Å²) in [5, 5.41) is 11.5. The average molecular weight is 280 g/mol. The van der Waals surface area contributed by atoms with Crippen LogP contribution in [0.5, 0.6) is 0 Å². The maximum absolute atomic E-state index is 10.9. The third kappa shape index (κ3) is 2.78. The summed E-state index contributed by atoms with van der Waals surface area (Å²) in [7, 11) is -4.36. The van der Waals surface area contributed by atoms with Crippen molar-refractivity contribution in [2.75, 3.05) is 0 Å². The van der Waals surface area contributed by atoms with Crippen molar-refractivity contribution in [3.63, 3.8) is 0 Å². The normalized spacial score (nSPS) is 10.9. The van der Waals surface area contributed by atoms with E-state index in [-0.39, 0.29) is 41.9 Å². The predicted molar refractivity (Wildman–Crippen MR) is 68.4 cm³/mol. The van der Waals surface area contributed by atoms with E-state index in [0.29, 0.717) is 5.39 Å². The summed E-state index contributed by atoms with van der Waals surface area (Å²) in [5.74, 6) is 0. The number of rotatable bonds is 2. The molecule has 0 radical (unpaired) electrons. The van der Waals surface area contributed by atoms with Crippen LogP contribution in [0.2, 0.25) is 0 Å². The molecule has 2 aromatic rings. The molecule has 0 spiro atoms. The number of hydrogen-bond acceptors (Lipinski definition) is 4. The maximum atomic E-state index is 10.9. The molecular formula is C10H9MgNO5S.